The number of benzene rings is 1. The molecule has 0 radical (unpaired) electrons. The minimum atomic E-state index is -4.83. The van der Waals surface area contributed by atoms with E-state index < -0.39 is 29.8 Å². The third-order valence-electron chi connectivity index (χ3n) is 1.79. The Morgan fingerprint density at radius 2 is 1.60 bits per heavy atom. The number of ether oxygens (including phenoxy) is 1. The van der Waals surface area contributed by atoms with Crippen LogP contribution in [0.2, 0.25) is 0 Å². The first-order valence-electron chi connectivity index (χ1n) is 4.85. The summed E-state index contributed by atoms with van der Waals surface area (Å²) in [7, 11) is 0. The molecule has 0 saturated heterocycles. The second-order valence-corrected chi connectivity index (χ2v) is 3.25. The van der Waals surface area contributed by atoms with Crippen LogP contribution in [0.1, 0.15) is 0 Å². The maximum absolute atomic E-state index is 11.9. The Hall–Kier alpha value is -2.78. The van der Waals surface area contributed by atoms with Crippen LogP contribution in [0.25, 0.3) is 0 Å². The summed E-state index contributed by atoms with van der Waals surface area (Å²) >= 11 is 0. The van der Waals surface area contributed by atoms with Crippen molar-refractivity contribution >= 4 is 23.3 Å². The van der Waals surface area contributed by atoms with Crippen LogP contribution in [0.3, 0.4) is 0 Å². The molecule has 7 nitrogen and oxygen atoms in total. The average Bonchev–Trinajstić information content (AvgIpc) is 2.28. The van der Waals surface area contributed by atoms with Crippen LogP contribution in [0.15, 0.2) is 29.4 Å². The molecule has 10 heteroatoms. The van der Waals surface area contributed by atoms with Gasteiger partial charge in [0.2, 0.25) is 0 Å². The summed E-state index contributed by atoms with van der Waals surface area (Å²) in [6.45, 7) is 0. The highest BCUT2D eigenvalue weighted by Crippen LogP contribution is 2.23. The number of carboxylic acids is 2. The lowest BCUT2D eigenvalue weighted by atomic mass is 10.3. The van der Waals surface area contributed by atoms with Gasteiger partial charge in [0.25, 0.3) is 5.71 Å². The molecule has 0 unspecified atom stereocenters. The summed E-state index contributed by atoms with van der Waals surface area (Å²) in [6, 6.07) is 4.11. The lowest BCUT2D eigenvalue weighted by Gasteiger charge is -2.09. The first kappa shape index (κ1) is 15.3. The van der Waals surface area contributed by atoms with Crippen molar-refractivity contribution in [3.8, 4) is 5.75 Å². The summed E-state index contributed by atoms with van der Waals surface area (Å²) in [5.74, 6) is -4.01. The van der Waals surface area contributed by atoms with Crippen molar-refractivity contribution < 1.29 is 37.7 Å². The fourth-order valence-electron chi connectivity index (χ4n) is 1.04. The molecular formula is C10H7F3N2O5. The number of halogens is 3. The molecule has 0 fully saturated rings. The average molecular weight is 292 g/mol. The molecule has 0 bridgehead atoms. The highest BCUT2D eigenvalue weighted by molar-refractivity contribution is 6.61. The molecule has 0 aliphatic rings. The number of alkyl halides is 3. The molecule has 0 aromatic heterocycles. The number of nitrogens with zero attached hydrogens (tertiary/aromatic N) is 1. The normalized spacial score (nSPS) is 10.6. The predicted molar refractivity (Wildman–Crippen MR) is 59.5 cm³/mol. The molecule has 3 N–H and O–H groups in total. The summed E-state index contributed by atoms with van der Waals surface area (Å²) in [5.41, 5.74) is 1.00. The van der Waals surface area contributed by atoms with Gasteiger partial charge in [-0.25, -0.2) is 9.59 Å². The van der Waals surface area contributed by atoms with E-state index >= 15 is 0 Å². The zero-order valence-corrected chi connectivity index (χ0v) is 9.51. The van der Waals surface area contributed by atoms with Crippen molar-refractivity contribution in [1.82, 2.24) is 0 Å². The first-order chi connectivity index (χ1) is 9.19. The van der Waals surface area contributed by atoms with Crippen LogP contribution in [0.4, 0.5) is 18.9 Å². The second kappa shape index (κ2) is 5.91. The van der Waals surface area contributed by atoms with Gasteiger partial charge in [0.15, 0.2) is 0 Å². The molecule has 20 heavy (non-hydrogen) atoms. The second-order valence-electron chi connectivity index (χ2n) is 3.25. The molecule has 1 rings (SSSR count). The van der Waals surface area contributed by atoms with Gasteiger partial charge in [-0.1, -0.05) is 0 Å². The van der Waals surface area contributed by atoms with Gasteiger partial charge in [-0.2, -0.15) is 5.10 Å². The quantitative estimate of drug-likeness (QED) is 0.431. The fourth-order valence-corrected chi connectivity index (χ4v) is 1.04. The van der Waals surface area contributed by atoms with Gasteiger partial charge >= 0.3 is 18.3 Å². The highest BCUT2D eigenvalue weighted by Gasteiger charge is 2.30. The maximum Gasteiger partial charge on any atom is 0.573 e. The van der Waals surface area contributed by atoms with Crippen LogP contribution < -0.4 is 10.2 Å². The van der Waals surface area contributed by atoms with Gasteiger partial charge in [0, 0.05) is 0 Å². The van der Waals surface area contributed by atoms with E-state index in [2.05, 4.69) is 15.3 Å². The molecule has 0 aliphatic carbocycles. The molecule has 1 aromatic carbocycles. The van der Waals surface area contributed by atoms with Crippen LogP contribution in [-0.4, -0.2) is 34.2 Å². The molecule has 0 saturated carbocycles. The predicted octanol–water partition coefficient (Wildman–Crippen LogP) is 1.52. The van der Waals surface area contributed by atoms with Gasteiger partial charge in [0.1, 0.15) is 5.75 Å². The van der Waals surface area contributed by atoms with Crippen molar-refractivity contribution in [2.24, 2.45) is 5.10 Å². The van der Waals surface area contributed by atoms with Crippen LogP contribution >= 0.6 is 0 Å². The molecule has 0 spiro atoms. The Morgan fingerprint density at radius 1 is 1.10 bits per heavy atom. The van der Waals surface area contributed by atoms with Crippen molar-refractivity contribution in [2.45, 2.75) is 6.36 Å². The zero-order valence-electron chi connectivity index (χ0n) is 9.51. The molecule has 1 aromatic rings. The van der Waals surface area contributed by atoms with E-state index in [9.17, 15) is 22.8 Å². The SMILES string of the molecule is O=C(O)C(=NNc1ccc(OC(F)(F)F)cc1)C(=O)O. The van der Waals surface area contributed by atoms with Gasteiger partial charge in [-0.3, -0.25) is 5.43 Å². The molecule has 108 valence electrons. The van der Waals surface area contributed by atoms with Gasteiger partial charge in [-0.15, -0.1) is 13.2 Å². The van der Waals surface area contributed by atoms with Crippen molar-refractivity contribution in [1.29, 1.82) is 0 Å². The standard InChI is InChI=1S/C10H7F3N2O5/c11-10(12,13)20-6-3-1-5(2-4-6)14-15-7(8(16)17)9(18)19/h1-4,14H,(H,16,17)(H,18,19). The largest absolute Gasteiger partial charge is 0.573 e. The zero-order chi connectivity index (χ0) is 15.3. The summed E-state index contributed by atoms with van der Waals surface area (Å²) in [5, 5.41) is 20.1. The van der Waals surface area contributed by atoms with Crippen LogP contribution in [0, 0.1) is 0 Å². The number of carbonyl (C=O) groups is 2. The van der Waals surface area contributed by atoms with Crippen molar-refractivity contribution in [3.05, 3.63) is 24.3 Å². The lowest BCUT2D eigenvalue weighted by molar-refractivity contribution is -0.274. The summed E-state index contributed by atoms with van der Waals surface area (Å²) in [6.07, 6.45) is -4.83. The molecule has 0 amide bonds. The van der Waals surface area contributed by atoms with E-state index in [1.165, 1.54) is 0 Å². The van der Waals surface area contributed by atoms with E-state index in [1.807, 2.05) is 0 Å². The Kier molecular flexibility index (Phi) is 4.51. The summed E-state index contributed by atoms with van der Waals surface area (Å²) in [4.78, 5) is 21.0. The van der Waals surface area contributed by atoms with E-state index in [0.29, 0.717) is 0 Å². The number of aliphatic carboxylic acids is 2. The minimum Gasteiger partial charge on any atom is -0.476 e. The molecule has 0 atom stereocenters. The Labute approximate surface area is 109 Å². The van der Waals surface area contributed by atoms with Gasteiger partial charge in [0.05, 0.1) is 5.69 Å². The van der Waals surface area contributed by atoms with E-state index in [0.717, 1.165) is 24.3 Å². The number of nitrogens with one attached hydrogen (secondary N) is 1. The molecular weight excluding hydrogens is 285 g/mol. The fraction of sp³-hybridized carbons (Fsp3) is 0.100. The van der Waals surface area contributed by atoms with E-state index in [-0.39, 0.29) is 5.69 Å². The number of rotatable bonds is 5. The first-order valence-corrected chi connectivity index (χ1v) is 4.85. The topological polar surface area (TPSA) is 108 Å². The molecule has 0 aliphatic heterocycles. The van der Waals surface area contributed by atoms with Gasteiger partial charge in [-0.05, 0) is 24.3 Å². The number of carboxylic acid groups (broad SMARTS) is 2. The van der Waals surface area contributed by atoms with E-state index in [1.54, 1.807) is 0 Å². The Morgan fingerprint density at radius 3 is 2.00 bits per heavy atom. The van der Waals surface area contributed by atoms with Crippen LogP contribution in [-0.2, 0) is 9.59 Å². The number of hydrogen-bond donors (Lipinski definition) is 3. The number of hydrazone groups is 1. The molecule has 0 heterocycles. The third kappa shape index (κ3) is 4.84. The smallest absolute Gasteiger partial charge is 0.476 e. The van der Waals surface area contributed by atoms with Gasteiger partial charge < -0.3 is 14.9 Å². The number of anilines is 1. The maximum atomic E-state index is 11.9. The summed E-state index contributed by atoms with van der Waals surface area (Å²) < 4.78 is 39.3. The van der Waals surface area contributed by atoms with Crippen molar-refractivity contribution in [3.63, 3.8) is 0 Å². The monoisotopic (exact) mass is 292 g/mol. The highest BCUT2D eigenvalue weighted by atomic mass is 19.4. The Bertz CT molecular complexity index is 523. The Balaban J connectivity index is 2.78. The number of hydrogen-bond acceptors (Lipinski definition) is 5. The minimum absolute atomic E-state index is 0.0829. The van der Waals surface area contributed by atoms with Crippen molar-refractivity contribution in [2.75, 3.05) is 5.43 Å². The third-order valence-corrected chi connectivity index (χ3v) is 1.79. The van der Waals surface area contributed by atoms with E-state index in [4.69, 9.17) is 10.2 Å². The van der Waals surface area contributed by atoms with Crippen LogP contribution in [0.5, 0.6) is 5.75 Å². The lowest BCUT2D eigenvalue weighted by Crippen LogP contribution is -2.24.